The first-order valence-electron chi connectivity index (χ1n) is 4.30. The molecule has 1 aromatic rings. The summed E-state index contributed by atoms with van der Waals surface area (Å²) in [6.45, 7) is 6.56. The van der Waals surface area contributed by atoms with Gasteiger partial charge < -0.3 is 9.47 Å². The molecule has 0 aliphatic carbocycles. The fourth-order valence-corrected chi connectivity index (χ4v) is 1.08. The van der Waals surface area contributed by atoms with Crippen molar-refractivity contribution >= 4 is 5.57 Å². The van der Waals surface area contributed by atoms with E-state index in [9.17, 15) is 0 Å². The van der Waals surface area contributed by atoms with Crippen molar-refractivity contribution in [3.63, 3.8) is 0 Å². The predicted octanol–water partition coefficient (Wildman–Crippen LogP) is 2.45. The highest BCUT2D eigenvalue weighted by Crippen LogP contribution is 2.21. The van der Waals surface area contributed by atoms with Crippen LogP contribution in [0.2, 0.25) is 0 Å². The number of ether oxygens (including phenoxy) is 2. The molecule has 1 aliphatic heterocycles. The largest absolute Gasteiger partial charge is 0.462 e. The summed E-state index contributed by atoms with van der Waals surface area (Å²) in [5.74, 6) is 0.854. The summed E-state index contributed by atoms with van der Waals surface area (Å²) in [7, 11) is 0. The predicted molar refractivity (Wildman–Crippen MR) is 51.5 cm³/mol. The lowest BCUT2D eigenvalue weighted by Gasteiger charge is -2.03. The summed E-state index contributed by atoms with van der Waals surface area (Å²) in [5, 5.41) is 0. The molecule has 1 heterocycles. The first kappa shape index (κ1) is 8.32. The van der Waals surface area contributed by atoms with Gasteiger partial charge in [-0.3, -0.25) is 0 Å². The lowest BCUT2D eigenvalue weighted by Crippen LogP contribution is -1.97. The Balaban J connectivity index is 2.08. The van der Waals surface area contributed by atoms with Gasteiger partial charge in [0, 0.05) is 0 Å². The van der Waals surface area contributed by atoms with Crippen LogP contribution in [0.1, 0.15) is 12.5 Å². The van der Waals surface area contributed by atoms with Gasteiger partial charge >= 0.3 is 0 Å². The van der Waals surface area contributed by atoms with E-state index in [1.807, 2.05) is 31.2 Å². The summed E-state index contributed by atoms with van der Waals surface area (Å²) in [6.07, 6.45) is -0.0179. The summed E-state index contributed by atoms with van der Waals surface area (Å²) in [6, 6.07) is 7.87. The molecule has 13 heavy (non-hydrogen) atoms. The molecule has 0 N–H and O–H groups in total. The third kappa shape index (κ3) is 2.10. The van der Waals surface area contributed by atoms with Gasteiger partial charge in [-0.1, -0.05) is 24.3 Å². The van der Waals surface area contributed by atoms with Crippen LogP contribution >= 0.6 is 0 Å². The Morgan fingerprint density at radius 3 is 2.54 bits per heavy atom. The van der Waals surface area contributed by atoms with Gasteiger partial charge in [0.25, 0.3) is 0 Å². The van der Waals surface area contributed by atoms with Gasteiger partial charge in [0.1, 0.15) is 12.4 Å². The highest BCUT2D eigenvalue weighted by atomic mass is 16.8. The van der Waals surface area contributed by atoms with Gasteiger partial charge in [0.05, 0.1) is 0 Å². The van der Waals surface area contributed by atoms with Crippen LogP contribution in [-0.4, -0.2) is 12.9 Å². The second-order valence-electron chi connectivity index (χ2n) is 3.19. The molecule has 68 valence electrons. The Kier molecular flexibility index (Phi) is 2.07. The average molecular weight is 176 g/mol. The molecule has 0 bridgehead atoms. The molecule has 1 saturated heterocycles. The number of epoxide rings is 1. The molecule has 1 aromatic carbocycles. The van der Waals surface area contributed by atoms with Gasteiger partial charge in [0.15, 0.2) is 0 Å². The van der Waals surface area contributed by atoms with Gasteiger partial charge in [-0.15, -0.1) is 0 Å². The van der Waals surface area contributed by atoms with Crippen LogP contribution in [-0.2, 0) is 4.74 Å². The van der Waals surface area contributed by atoms with Crippen molar-refractivity contribution in [2.24, 2.45) is 0 Å². The Labute approximate surface area is 77.8 Å². The normalized spacial score (nSPS) is 19.6. The first-order chi connectivity index (χ1) is 6.25. The zero-order valence-electron chi connectivity index (χ0n) is 7.62. The molecular formula is C11H12O2. The molecule has 0 spiro atoms. The fraction of sp³-hybridized carbons (Fsp3) is 0.273. The van der Waals surface area contributed by atoms with E-state index in [0.717, 1.165) is 16.9 Å². The van der Waals surface area contributed by atoms with Crippen molar-refractivity contribution < 1.29 is 9.47 Å². The molecule has 1 fully saturated rings. The molecule has 1 atom stereocenters. The SMILES string of the molecule is C=C(C)c1ccc(OC2CO2)cc1. The molecule has 1 unspecified atom stereocenters. The smallest absolute Gasteiger partial charge is 0.223 e. The monoisotopic (exact) mass is 176 g/mol. The lowest BCUT2D eigenvalue weighted by atomic mass is 10.1. The molecule has 2 nitrogen and oxygen atoms in total. The third-order valence-corrected chi connectivity index (χ3v) is 1.92. The number of benzene rings is 1. The maximum absolute atomic E-state index is 5.41. The van der Waals surface area contributed by atoms with Crippen LogP contribution in [0.15, 0.2) is 30.8 Å². The summed E-state index contributed by atoms with van der Waals surface area (Å²) in [4.78, 5) is 0. The van der Waals surface area contributed by atoms with Crippen molar-refractivity contribution in [1.29, 1.82) is 0 Å². The Morgan fingerprint density at radius 2 is 2.08 bits per heavy atom. The fourth-order valence-electron chi connectivity index (χ4n) is 1.08. The molecule has 0 aromatic heterocycles. The van der Waals surface area contributed by atoms with Crippen molar-refractivity contribution in [3.05, 3.63) is 36.4 Å². The minimum atomic E-state index is -0.0179. The van der Waals surface area contributed by atoms with Gasteiger partial charge in [0.2, 0.25) is 6.29 Å². The van der Waals surface area contributed by atoms with Crippen molar-refractivity contribution in [2.75, 3.05) is 6.61 Å². The van der Waals surface area contributed by atoms with Crippen molar-refractivity contribution in [3.8, 4) is 5.75 Å². The average Bonchev–Trinajstić information content (AvgIpc) is 2.89. The quantitative estimate of drug-likeness (QED) is 0.660. The van der Waals surface area contributed by atoms with Gasteiger partial charge in [-0.2, -0.15) is 0 Å². The van der Waals surface area contributed by atoms with E-state index in [-0.39, 0.29) is 6.29 Å². The zero-order chi connectivity index (χ0) is 9.26. The summed E-state index contributed by atoms with van der Waals surface area (Å²) >= 11 is 0. The number of hydrogen-bond acceptors (Lipinski definition) is 2. The Bertz CT molecular complexity index is 309. The van der Waals surface area contributed by atoms with Crippen LogP contribution in [0.3, 0.4) is 0 Å². The van der Waals surface area contributed by atoms with Gasteiger partial charge in [-0.05, 0) is 24.6 Å². The lowest BCUT2D eigenvalue weighted by molar-refractivity contribution is 0.179. The van der Waals surface area contributed by atoms with Crippen LogP contribution in [0.4, 0.5) is 0 Å². The topological polar surface area (TPSA) is 21.8 Å². The third-order valence-electron chi connectivity index (χ3n) is 1.92. The van der Waals surface area contributed by atoms with E-state index < -0.39 is 0 Å². The molecule has 2 rings (SSSR count). The molecule has 0 saturated carbocycles. The van der Waals surface area contributed by atoms with Crippen molar-refractivity contribution in [1.82, 2.24) is 0 Å². The minimum Gasteiger partial charge on any atom is -0.462 e. The second kappa shape index (κ2) is 3.23. The zero-order valence-corrected chi connectivity index (χ0v) is 7.62. The molecule has 2 heteroatoms. The van der Waals surface area contributed by atoms with Gasteiger partial charge in [-0.25, -0.2) is 0 Å². The maximum Gasteiger partial charge on any atom is 0.223 e. The molecule has 1 aliphatic rings. The number of allylic oxidation sites excluding steroid dienone is 1. The standard InChI is InChI=1S/C11H12O2/c1-8(2)9-3-5-10(6-4-9)13-11-7-12-11/h3-6,11H,1,7H2,2H3. The molecule has 0 amide bonds. The number of hydrogen-bond donors (Lipinski definition) is 0. The molecular weight excluding hydrogens is 164 g/mol. The van der Waals surface area contributed by atoms with Crippen LogP contribution in [0.5, 0.6) is 5.75 Å². The first-order valence-corrected chi connectivity index (χ1v) is 4.30. The van der Waals surface area contributed by atoms with E-state index in [1.165, 1.54) is 0 Å². The van der Waals surface area contributed by atoms with E-state index >= 15 is 0 Å². The minimum absolute atomic E-state index is 0.0179. The van der Waals surface area contributed by atoms with Crippen LogP contribution in [0, 0.1) is 0 Å². The van der Waals surface area contributed by atoms with Crippen LogP contribution in [0.25, 0.3) is 5.57 Å². The van der Waals surface area contributed by atoms with E-state index in [4.69, 9.17) is 9.47 Å². The number of rotatable bonds is 3. The summed E-state index contributed by atoms with van der Waals surface area (Å²) in [5.41, 5.74) is 2.21. The van der Waals surface area contributed by atoms with E-state index in [2.05, 4.69) is 6.58 Å². The Morgan fingerprint density at radius 1 is 1.46 bits per heavy atom. The highest BCUT2D eigenvalue weighted by Gasteiger charge is 2.24. The maximum atomic E-state index is 5.41. The Hall–Kier alpha value is -1.28. The highest BCUT2D eigenvalue weighted by molar-refractivity contribution is 5.61. The second-order valence-corrected chi connectivity index (χ2v) is 3.19. The van der Waals surface area contributed by atoms with E-state index in [0.29, 0.717) is 6.61 Å². The van der Waals surface area contributed by atoms with Crippen molar-refractivity contribution in [2.45, 2.75) is 13.2 Å². The van der Waals surface area contributed by atoms with E-state index in [1.54, 1.807) is 0 Å². The van der Waals surface area contributed by atoms with Crippen LogP contribution < -0.4 is 4.74 Å². The summed E-state index contributed by atoms with van der Waals surface area (Å²) < 4.78 is 10.4. The molecule has 0 radical (unpaired) electrons.